The first-order valence-corrected chi connectivity index (χ1v) is 10.5. The Balaban J connectivity index is 1.67. The average Bonchev–Trinajstić information content (AvgIpc) is 3.05. The van der Waals surface area contributed by atoms with Gasteiger partial charge in [0.2, 0.25) is 10.0 Å². The molecule has 2 aliphatic heterocycles. The van der Waals surface area contributed by atoms with E-state index in [1.165, 1.54) is 6.42 Å². The minimum atomic E-state index is -3.47. The Morgan fingerprint density at radius 1 is 1.16 bits per heavy atom. The van der Waals surface area contributed by atoms with Crippen LogP contribution in [0.5, 0.6) is 5.75 Å². The molecule has 2 fully saturated rings. The lowest BCUT2D eigenvalue weighted by Crippen LogP contribution is -2.56. The van der Waals surface area contributed by atoms with Crippen LogP contribution in [0.25, 0.3) is 0 Å². The van der Waals surface area contributed by atoms with Crippen LogP contribution in [0.4, 0.5) is 0 Å². The van der Waals surface area contributed by atoms with Crippen molar-refractivity contribution >= 4 is 10.0 Å². The molecule has 0 radical (unpaired) electrons. The number of ether oxygens (including phenoxy) is 2. The van der Waals surface area contributed by atoms with Crippen molar-refractivity contribution in [1.82, 2.24) is 9.21 Å². The molecule has 3 rings (SSSR count). The Kier molecular flexibility index (Phi) is 5.99. The number of piperazine rings is 1. The zero-order valence-corrected chi connectivity index (χ0v) is 15.9. The van der Waals surface area contributed by atoms with Crippen molar-refractivity contribution in [2.24, 2.45) is 0 Å². The maximum Gasteiger partial charge on any atom is 0.243 e. The number of hydrogen-bond donors (Lipinski definition) is 0. The number of sulfonamides is 1. The summed E-state index contributed by atoms with van der Waals surface area (Å²) in [5, 5.41) is 0. The number of nitrogens with zero attached hydrogens (tertiary/aromatic N) is 2. The molecule has 2 saturated heterocycles. The highest BCUT2D eigenvalue weighted by atomic mass is 32.2. The SMILES string of the molecule is CCOCCOc1ccc(S(=O)(=O)N2C[C@H]3CCCN3C[C@H]2C)cc1. The molecule has 0 saturated carbocycles. The lowest BCUT2D eigenvalue weighted by molar-refractivity contribution is 0.110. The topological polar surface area (TPSA) is 59.1 Å². The summed E-state index contributed by atoms with van der Waals surface area (Å²) in [5.74, 6) is 0.660. The minimum absolute atomic E-state index is 0.00136. The highest BCUT2D eigenvalue weighted by molar-refractivity contribution is 7.89. The molecule has 1 aromatic rings. The van der Waals surface area contributed by atoms with E-state index in [1.54, 1.807) is 28.6 Å². The normalized spacial score (nSPS) is 25.0. The van der Waals surface area contributed by atoms with Crippen LogP contribution in [-0.2, 0) is 14.8 Å². The Hall–Kier alpha value is -1.15. The van der Waals surface area contributed by atoms with E-state index in [1.807, 2.05) is 13.8 Å². The van der Waals surface area contributed by atoms with Crippen LogP contribution in [-0.4, -0.2) is 69.2 Å². The molecule has 1 aromatic carbocycles. The third kappa shape index (κ3) is 4.16. The van der Waals surface area contributed by atoms with Gasteiger partial charge in [0.1, 0.15) is 12.4 Å². The number of rotatable bonds is 7. The second-order valence-electron chi connectivity index (χ2n) is 6.73. The molecule has 7 heteroatoms. The standard InChI is InChI=1S/C18H28N2O4S/c1-3-23-11-12-24-17-6-8-18(9-7-17)25(21,22)20-14-16-5-4-10-19(16)13-15(20)2/h6-9,15-16H,3-5,10-14H2,1-2H3/t15-,16-/m1/s1. The van der Waals surface area contributed by atoms with Crippen molar-refractivity contribution in [3.63, 3.8) is 0 Å². The second-order valence-corrected chi connectivity index (χ2v) is 8.62. The van der Waals surface area contributed by atoms with E-state index in [2.05, 4.69) is 4.90 Å². The van der Waals surface area contributed by atoms with Crippen molar-refractivity contribution in [3.8, 4) is 5.75 Å². The first-order valence-electron chi connectivity index (χ1n) is 9.09. The lowest BCUT2D eigenvalue weighted by atomic mass is 10.1. The summed E-state index contributed by atoms with van der Waals surface area (Å²) in [6, 6.07) is 7.08. The number of fused-ring (bicyclic) bond motifs is 1. The second kappa shape index (κ2) is 8.03. The highest BCUT2D eigenvalue weighted by Gasteiger charge is 2.40. The molecule has 0 unspecified atom stereocenters. The van der Waals surface area contributed by atoms with Gasteiger partial charge >= 0.3 is 0 Å². The summed E-state index contributed by atoms with van der Waals surface area (Å²) in [4.78, 5) is 2.76. The van der Waals surface area contributed by atoms with Gasteiger partial charge in [0.15, 0.2) is 0 Å². The van der Waals surface area contributed by atoms with E-state index < -0.39 is 10.0 Å². The van der Waals surface area contributed by atoms with Gasteiger partial charge in [0.25, 0.3) is 0 Å². The molecular formula is C18H28N2O4S. The number of hydrogen-bond acceptors (Lipinski definition) is 5. The maximum absolute atomic E-state index is 13.0. The van der Waals surface area contributed by atoms with Crippen LogP contribution in [0.2, 0.25) is 0 Å². The molecule has 140 valence electrons. The molecule has 25 heavy (non-hydrogen) atoms. The molecule has 0 aromatic heterocycles. The third-order valence-corrected chi connectivity index (χ3v) is 7.01. The lowest BCUT2D eigenvalue weighted by Gasteiger charge is -2.41. The maximum atomic E-state index is 13.0. The molecule has 0 amide bonds. The van der Waals surface area contributed by atoms with Gasteiger partial charge < -0.3 is 9.47 Å². The quantitative estimate of drug-likeness (QED) is 0.689. The molecule has 2 heterocycles. The molecule has 0 N–H and O–H groups in total. The zero-order chi connectivity index (χ0) is 17.9. The van der Waals surface area contributed by atoms with Crippen molar-refractivity contribution < 1.29 is 17.9 Å². The fourth-order valence-corrected chi connectivity index (χ4v) is 5.36. The van der Waals surface area contributed by atoms with Gasteiger partial charge in [0, 0.05) is 31.8 Å². The Labute approximate surface area is 150 Å². The Morgan fingerprint density at radius 2 is 1.92 bits per heavy atom. The smallest absolute Gasteiger partial charge is 0.243 e. The summed E-state index contributed by atoms with van der Waals surface area (Å²) in [7, 11) is -3.47. The van der Waals surface area contributed by atoms with Crippen LogP contribution in [0.15, 0.2) is 29.2 Å². The predicted octanol–water partition coefficient (Wildman–Crippen LogP) is 1.96. The van der Waals surface area contributed by atoms with Gasteiger partial charge in [0.05, 0.1) is 11.5 Å². The Bertz CT molecular complexity index is 662. The van der Waals surface area contributed by atoms with E-state index in [0.717, 1.165) is 19.5 Å². The van der Waals surface area contributed by atoms with Crippen LogP contribution in [0.1, 0.15) is 26.7 Å². The molecule has 0 spiro atoms. The minimum Gasteiger partial charge on any atom is -0.491 e. The van der Waals surface area contributed by atoms with Crippen molar-refractivity contribution in [2.75, 3.05) is 39.5 Å². The molecule has 0 aliphatic carbocycles. The van der Waals surface area contributed by atoms with Crippen molar-refractivity contribution in [3.05, 3.63) is 24.3 Å². The van der Waals surface area contributed by atoms with Gasteiger partial charge in [-0.25, -0.2) is 8.42 Å². The van der Waals surface area contributed by atoms with Crippen molar-refractivity contribution in [1.29, 1.82) is 0 Å². The molecular weight excluding hydrogens is 340 g/mol. The first-order chi connectivity index (χ1) is 12.0. The van der Waals surface area contributed by atoms with Gasteiger partial charge in [-0.2, -0.15) is 4.31 Å². The fourth-order valence-electron chi connectivity index (χ4n) is 3.70. The monoisotopic (exact) mass is 368 g/mol. The van der Waals surface area contributed by atoms with Crippen molar-refractivity contribution in [2.45, 2.75) is 43.7 Å². The van der Waals surface area contributed by atoms with E-state index >= 15 is 0 Å². The number of benzene rings is 1. The van der Waals surface area contributed by atoms with Crippen LogP contribution in [0.3, 0.4) is 0 Å². The van der Waals surface area contributed by atoms with Crippen LogP contribution >= 0.6 is 0 Å². The van der Waals surface area contributed by atoms with E-state index in [4.69, 9.17) is 9.47 Å². The summed E-state index contributed by atoms with van der Waals surface area (Å²) in [5.41, 5.74) is 0. The first kappa shape index (κ1) is 18.6. The fraction of sp³-hybridized carbons (Fsp3) is 0.667. The van der Waals surface area contributed by atoms with Crippen LogP contribution in [0, 0.1) is 0 Å². The molecule has 6 nitrogen and oxygen atoms in total. The predicted molar refractivity (Wildman–Crippen MR) is 96.4 cm³/mol. The van der Waals surface area contributed by atoms with Gasteiger partial charge in [-0.3, -0.25) is 4.90 Å². The summed E-state index contributed by atoms with van der Waals surface area (Å²) >= 11 is 0. The van der Waals surface area contributed by atoms with E-state index in [-0.39, 0.29) is 6.04 Å². The van der Waals surface area contributed by atoms with E-state index in [9.17, 15) is 8.42 Å². The summed E-state index contributed by atoms with van der Waals surface area (Å²) in [6.45, 7) is 8.09. The molecule has 0 bridgehead atoms. The zero-order valence-electron chi connectivity index (χ0n) is 15.1. The van der Waals surface area contributed by atoms with Gasteiger partial charge in [-0.15, -0.1) is 0 Å². The molecule has 2 atom stereocenters. The average molecular weight is 368 g/mol. The highest BCUT2D eigenvalue weighted by Crippen LogP contribution is 2.29. The summed E-state index contributed by atoms with van der Waals surface area (Å²) in [6.07, 6.45) is 2.25. The van der Waals surface area contributed by atoms with Gasteiger partial charge in [-0.05, 0) is 57.5 Å². The Morgan fingerprint density at radius 3 is 2.64 bits per heavy atom. The van der Waals surface area contributed by atoms with Crippen LogP contribution < -0.4 is 4.74 Å². The van der Waals surface area contributed by atoms with Gasteiger partial charge in [-0.1, -0.05) is 0 Å². The van der Waals surface area contributed by atoms with E-state index in [0.29, 0.717) is 43.1 Å². The largest absolute Gasteiger partial charge is 0.491 e. The summed E-state index contributed by atoms with van der Waals surface area (Å²) < 4.78 is 38.5. The third-order valence-electron chi connectivity index (χ3n) is 5.01. The molecule has 2 aliphatic rings.